The highest BCUT2D eigenvalue weighted by molar-refractivity contribution is 5.83. The zero-order valence-electron chi connectivity index (χ0n) is 7.88. The third-order valence-corrected chi connectivity index (χ3v) is 1.66. The first-order chi connectivity index (χ1) is 6.93. The molecule has 0 heterocycles. The van der Waals surface area contributed by atoms with Gasteiger partial charge in [0.1, 0.15) is 5.92 Å². The minimum absolute atomic E-state index is 0.252. The Kier molecular flexibility index (Phi) is 5.56. The maximum atomic E-state index is 12.3. The molecule has 0 radical (unpaired) electrons. The van der Waals surface area contributed by atoms with Crippen molar-refractivity contribution in [3.8, 4) is 12.3 Å². The molecule has 7 heteroatoms. The monoisotopic (exact) mass is 223 g/mol. The van der Waals surface area contributed by atoms with Gasteiger partial charge >= 0.3 is 6.18 Å². The van der Waals surface area contributed by atoms with Gasteiger partial charge in [-0.2, -0.15) is 13.2 Å². The minimum Gasteiger partial charge on any atom is -0.409 e. The lowest BCUT2D eigenvalue weighted by atomic mass is 10.1. The summed E-state index contributed by atoms with van der Waals surface area (Å²) in [5, 5.41) is 13.0. The number of terminal acetylenes is 1. The largest absolute Gasteiger partial charge is 0.409 e. The third-order valence-electron chi connectivity index (χ3n) is 1.66. The summed E-state index contributed by atoms with van der Waals surface area (Å²) in [6.07, 6.45) is 0.695. The van der Waals surface area contributed by atoms with Crippen molar-refractivity contribution < 1.29 is 18.4 Å². The highest BCUT2D eigenvalue weighted by Crippen LogP contribution is 2.25. The molecule has 0 bridgehead atoms. The Bertz CT molecular complexity index is 257. The van der Waals surface area contributed by atoms with Crippen LogP contribution in [0.1, 0.15) is 6.42 Å². The molecule has 0 aliphatic carbocycles. The van der Waals surface area contributed by atoms with Gasteiger partial charge in [0.25, 0.3) is 0 Å². The van der Waals surface area contributed by atoms with Crippen LogP contribution in [0.15, 0.2) is 5.16 Å². The van der Waals surface area contributed by atoms with Gasteiger partial charge in [-0.05, 0) is 0 Å². The molecule has 1 atom stereocenters. The molecule has 0 aromatic rings. The quantitative estimate of drug-likeness (QED) is 0.159. The average molecular weight is 223 g/mol. The predicted octanol–water partition coefficient (Wildman–Crippen LogP) is 0.524. The molecule has 0 fully saturated rings. The molecule has 0 aromatic heterocycles. The Morgan fingerprint density at radius 1 is 1.60 bits per heavy atom. The number of halogens is 3. The molecule has 0 aliphatic heterocycles. The van der Waals surface area contributed by atoms with Crippen LogP contribution < -0.4 is 11.1 Å². The topological polar surface area (TPSA) is 70.6 Å². The zero-order valence-corrected chi connectivity index (χ0v) is 7.88. The fourth-order valence-corrected chi connectivity index (χ4v) is 0.865. The maximum Gasteiger partial charge on any atom is 0.400 e. The summed E-state index contributed by atoms with van der Waals surface area (Å²) in [5.74, 6) is -0.596. The fraction of sp³-hybridized carbons (Fsp3) is 0.625. The van der Waals surface area contributed by atoms with Gasteiger partial charge in [-0.25, -0.2) is 0 Å². The Morgan fingerprint density at radius 2 is 2.20 bits per heavy atom. The molecule has 15 heavy (non-hydrogen) atoms. The van der Waals surface area contributed by atoms with Gasteiger partial charge in [-0.3, -0.25) is 0 Å². The van der Waals surface area contributed by atoms with Crippen LogP contribution in [-0.4, -0.2) is 30.3 Å². The molecular formula is C8H12F3N3O. The number of nitrogens with zero attached hydrogens (tertiary/aromatic N) is 1. The first-order valence-corrected chi connectivity index (χ1v) is 4.11. The predicted molar refractivity (Wildman–Crippen MR) is 49.3 cm³/mol. The SMILES string of the molecule is C#CCCNCC(C(N)=NO)C(F)(F)F. The second-order valence-electron chi connectivity index (χ2n) is 2.78. The molecule has 1 unspecified atom stereocenters. The minimum atomic E-state index is -4.54. The first kappa shape index (κ1) is 13.6. The van der Waals surface area contributed by atoms with Crippen molar-refractivity contribution in [2.45, 2.75) is 12.6 Å². The molecule has 0 saturated carbocycles. The van der Waals surface area contributed by atoms with E-state index in [9.17, 15) is 13.2 Å². The van der Waals surface area contributed by atoms with Crippen molar-refractivity contribution in [1.82, 2.24) is 5.32 Å². The van der Waals surface area contributed by atoms with E-state index >= 15 is 0 Å². The van der Waals surface area contributed by atoms with Crippen LogP contribution in [0, 0.1) is 18.3 Å². The van der Waals surface area contributed by atoms with E-state index < -0.39 is 24.5 Å². The van der Waals surface area contributed by atoms with Crippen LogP contribution in [0.5, 0.6) is 0 Å². The molecule has 0 rings (SSSR count). The van der Waals surface area contributed by atoms with Crippen LogP contribution in [0.3, 0.4) is 0 Å². The second kappa shape index (κ2) is 6.14. The van der Waals surface area contributed by atoms with E-state index in [-0.39, 0.29) is 6.54 Å². The number of hydrogen-bond donors (Lipinski definition) is 3. The summed E-state index contributed by atoms with van der Waals surface area (Å²) in [7, 11) is 0. The molecule has 4 nitrogen and oxygen atoms in total. The number of oxime groups is 1. The van der Waals surface area contributed by atoms with Gasteiger partial charge in [0, 0.05) is 19.5 Å². The summed E-state index contributed by atoms with van der Waals surface area (Å²) in [6.45, 7) is -0.205. The van der Waals surface area contributed by atoms with E-state index in [0.29, 0.717) is 6.42 Å². The summed E-state index contributed by atoms with van der Waals surface area (Å²) >= 11 is 0. The van der Waals surface area contributed by atoms with Gasteiger partial charge in [0.2, 0.25) is 0 Å². The van der Waals surface area contributed by atoms with E-state index in [1.165, 1.54) is 0 Å². The number of nitrogens with two attached hydrogens (primary N) is 1. The summed E-state index contributed by atoms with van der Waals surface area (Å²) in [5.41, 5.74) is 4.92. The normalized spacial score (nSPS) is 14.7. The Balaban J connectivity index is 4.23. The number of rotatable bonds is 5. The van der Waals surface area contributed by atoms with E-state index in [1.54, 1.807) is 0 Å². The van der Waals surface area contributed by atoms with Crippen molar-refractivity contribution in [3.05, 3.63) is 0 Å². The Hall–Kier alpha value is -1.42. The van der Waals surface area contributed by atoms with Crippen LogP contribution in [0.4, 0.5) is 13.2 Å². The number of hydrogen-bond acceptors (Lipinski definition) is 3. The first-order valence-electron chi connectivity index (χ1n) is 4.11. The molecule has 86 valence electrons. The van der Waals surface area contributed by atoms with Crippen LogP contribution >= 0.6 is 0 Å². The Labute approximate surface area is 85.3 Å². The zero-order chi connectivity index (χ0) is 11.9. The van der Waals surface area contributed by atoms with Crippen LogP contribution in [-0.2, 0) is 0 Å². The molecule has 0 saturated heterocycles. The standard InChI is InChI=1S/C8H12F3N3O/c1-2-3-4-13-5-6(7(12)14-15)8(9,10)11/h1,6,13,15H,3-5H2,(H2,12,14). The van der Waals surface area contributed by atoms with Gasteiger partial charge in [0.05, 0.1) is 0 Å². The smallest absolute Gasteiger partial charge is 0.400 e. The molecule has 0 spiro atoms. The lowest BCUT2D eigenvalue weighted by molar-refractivity contribution is -0.154. The van der Waals surface area contributed by atoms with Crippen LogP contribution in [0.2, 0.25) is 0 Å². The highest BCUT2D eigenvalue weighted by atomic mass is 19.4. The maximum absolute atomic E-state index is 12.3. The molecule has 0 aromatic carbocycles. The molecule has 0 aliphatic rings. The van der Waals surface area contributed by atoms with Crippen molar-refractivity contribution in [2.24, 2.45) is 16.8 Å². The van der Waals surface area contributed by atoms with E-state index in [0.717, 1.165) is 0 Å². The average Bonchev–Trinajstić information content (AvgIpc) is 2.15. The van der Waals surface area contributed by atoms with Gasteiger partial charge in [-0.15, -0.1) is 12.3 Å². The summed E-state index contributed by atoms with van der Waals surface area (Å²) in [4.78, 5) is 0. The van der Waals surface area contributed by atoms with Crippen molar-refractivity contribution in [1.29, 1.82) is 0 Å². The molecular weight excluding hydrogens is 211 g/mol. The van der Waals surface area contributed by atoms with E-state index in [1.807, 2.05) is 0 Å². The number of nitrogens with one attached hydrogen (secondary N) is 1. The van der Waals surface area contributed by atoms with Gasteiger partial charge < -0.3 is 16.3 Å². The highest BCUT2D eigenvalue weighted by Gasteiger charge is 2.42. The summed E-state index contributed by atoms with van der Waals surface area (Å²) in [6, 6.07) is 0. The lowest BCUT2D eigenvalue weighted by Crippen LogP contribution is -2.43. The van der Waals surface area contributed by atoms with Crippen molar-refractivity contribution >= 4 is 5.84 Å². The number of alkyl halides is 3. The van der Waals surface area contributed by atoms with E-state index in [4.69, 9.17) is 17.4 Å². The van der Waals surface area contributed by atoms with E-state index in [2.05, 4.69) is 16.4 Å². The fourth-order valence-electron chi connectivity index (χ4n) is 0.865. The Morgan fingerprint density at radius 3 is 2.60 bits per heavy atom. The third kappa shape index (κ3) is 5.12. The van der Waals surface area contributed by atoms with Crippen molar-refractivity contribution in [3.63, 3.8) is 0 Å². The lowest BCUT2D eigenvalue weighted by Gasteiger charge is -2.18. The molecule has 4 N–H and O–H groups in total. The molecule has 0 amide bonds. The van der Waals surface area contributed by atoms with Crippen molar-refractivity contribution in [2.75, 3.05) is 13.1 Å². The number of amidine groups is 1. The summed E-state index contributed by atoms with van der Waals surface area (Å²) < 4.78 is 36.9. The second-order valence-corrected chi connectivity index (χ2v) is 2.78. The van der Waals surface area contributed by atoms with Gasteiger partial charge in [-0.1, -0.05) is 5.16 Å². The van der Waals surface area contributed by atoms with Crippen LogP contribution in [0.25, 0.3) is 0 Å². The van der Waals surface area contributed by atoms with Gasteiger partial charge in [0.15, 0.2) is 5.84 Å².